The molecule has 0 aromatic heterocycles. The van der Waals surface area contributed by atoms with E-state index >= 15 is 0 Å². The summed E-state index contributed by atoms with van der Waals surface area (Å²) in [6.45, 7) is 0.658. The molecule has 4 aliphatic heterocycles. The molecule has 2 amide bonds. The molecule has 0 radical (unpaired) electrons. The number of nitrogens with one attached hydrogen (secondary N) is 1. The second-order valence-corrected chi connectivity index (χ2v) is 10.2. The molecule has 1 spiro atoms. The Kier molecular flexibility index (Phi) is 4.71. The Morgan fingerprint density at radius 1 is 1.09 bits per heavy atom. The molecule has 2 aromatic rings. The number of halogens is 3. The van der Waals surface area contributed by atoms with E-state index in [1.54, 1.807) is 30.3 Å². The standard InChI is InChI=1S/C23H20Cl3N3O4/c1-33-13-6-10(24)5-12(9-13)29-20(30)17-16-3-2-4-28(16)23(18(17)21(29)31)14-7-11(25)8-15(26)19(14)27-22(23)32/h5-9,16-18,22,27,32H,2-4H2,1H3. The van der Waals surface area contributed by atoms with Crippen LogP contribution in [0.3, 0.4) is 0 Å². The predicted molar refractivity (Wildman–Crippen MR) is 125 cm³/mol. The molecule has 0 bridgehead atoms. The molecule has 2 N–H and O–H groups in total. The van der Waals surface area contributed by atoms with Gasteiger partial charge in [0.15, 0.2) is 0 Å². The van der Waals surface area contributed by atoms with Gasteiger partial charge >= 0.3 is 0 Å². The summed E-state index contributed by atoms with van der Waals surface area (Å²) in [5.41, 5.74) is 0.398. The van der Waals surface area contributed by atoms with Crippen LogP contribution in [-0.2, 0) is 15.1 Å². The van der Waals surface area contributed by atoms with Crippen LogP contribution in [0.2, 0.25) is 15.1 Å². The van der Waals surface area contributed by atoms with E-state index < -0.39 is 23.6 Å². The first kappa shape index (κ1) is 21.5. The number of aliphatic hydroxyl groups excluding tert-OH is 1. The van der Waals surface area contributed by atoms with E-state index in [4.69, 9.17) is 39.5 Å². The zero-order valence-corrected chi connectivity index (χ0v) is 19.8. The first-order chi connectivity index (χ1) is 15.8. The minimum Gasteiger partial charge on any atom is -0.497 e. The SMILES string of the molecule is COc1cc(Cl)cc(N2C(=O)C3C4CCCN4C4(c5cc(Cl)cc(Cl)c5NC4O)C3C2=O)c1. The summed E-state index contributed by atoms with van der Waals surface area (Å²) in [5, 5.41) is 15.6. The molecule has 10 heteroatoms. The molecule has 33 heavy (non-hydrogen) atoms. The number of hydrogen-bond acceptors (Lipinski definition) is 6. The molecule has 0 saturated carbocycles. The van der Waals surface area contributed by atoms with Crippen molar-refractivity contribution in [1.82, 2.24) is 4.90 Å². The summed E-state index contributed by atoms with van der Waals surface area (Å²) >= 11 is 19.1. The number of imide groups is 1. The summed E-state index contributed by atoms with van der Waals surface area (Å²) in [6, 6.07) is 7.96. The zero-order valence-electron chi connectivity index (χ0n) is 17.5. The third-order valence-corrected chi connectivity index (χ3v) is 8.28. The Morgan fingerprint density at radius 2 is 1.85 bits per heavy atom. The number of amides is 2. The number of ether oxygens (including phenoxy) is 1. The lowest BCUT2D eigenvalue weighted by molar-refractivity contribution is -0.127. The lowest BCUT2D eigenvalue weighted by atomic mass is 9.75. The lowest BCUT2D eigenvalue weighted by Crippen LogP contribution is -2.56. The Hall–Kier alpha value is -2.03. The number of benzene rings is 2. The fourth-order valence-electron chi connectivity index (χ4n) is 6.47. The van der Waals surface area contributed by atoms with Gasteiger partial charge in [-0.25, -0.2) is 4.90 Å². The molecule has 5 unspecified atom stereocenters. The molecule has 7 nitrogen and oxygen atoms in total. The van der Waals surface area contributed by atoms with Gasteiger partial charge in [-0.1, -0.05) is 34.8 Å². The zero-order chi connectivity index (χ0) is 23.2. The summed E-state index contributed by atoms with van der Waals surface area (Å²) in [4.78, 5) is 31.1. The average Bonchev–Trinajstić information content (AvgIpc) is 3.46. The van der Waals surface area contributed by atoms with Crippen molar-refractivity contribution in [1.29, 1.82) is 0 Å². The predicted octanol–water partition coefficient (Wildman–Crippen LogP) is 3.88. The van der Waals surface area contributed by atoms with E-state index in [-0.39, 0.29) is 17.9 Å². The Labute approximate surface area is 205 Å². The van der Waals surface area contributed by atoms with E-state index in [2.05, 4.69) is 10.2 Å². The van der Waals surface area contributed by atoms with Gasteiger partial charge < -0.3 is 15.2 Å². The molecule has 3 saturated heterocycles. The summed E-state index contributed by atoms with van der Waals surface area (Å²) in [6.07, 6.45) is 0.480. The molecule has 2 aromatic carbocycles. The van der Waals surface area contributed by atoms with Crippen molar-refractivity contribution < 1.29 is 19.4 Å². The molecule has 4 heterocycles. The van der Waals surface area contributed by atoms with Crippen molar-refractivity contribution >= 4 is 58.0 Å². The normalized spacial score (nSPS) is 32.3. The topological polar surface area (TPSA) is 82.1 Å². The molecule has 3 fully saturated rings. The summed E-state index contributed by atoms with van der Waals surface area (Å²) in [5.74, 6) is -1.65. The second kappa shape index (κ2) is 7.23. The largest absolute Gasteiger partial charge is 0.497 e. The number of hydrogen-bond donors (Lipinski definition) is 2. The van der Waals surface area contributed by atoms with Crippen LogP contribution in [0.4, 0.5) is 11.4 Å². The lowest BCUT2D eigenvalue weighted by Gasteiger charge is -2.41. The van der Waals surface area contributed by atoms with Crippen LogP contribution in [0.1, 0.15) is 18.4 Å². The third kappa shape index (κ3) is 2.66. The van der Waals surface area contributed by atoms with Gasteiger partial charge in [-0.15, -0.1) is 0 Å². The second-order valence-electron chi connectivity index (χ2n) is 8.95. The monoisotopic (exact) mass is 507 g/mol. The van der Waals surface area contributed by atoms with Gasteiger partial charge in [0.2, 0.25) is 11.8 Å². The number of aliphatic hydroxyl groups is 1. The van der Waals surface area contributed by atoms with Gasteiger partial charge in [-0.2, -0.15) is 0 Å². The van der Waals surface area contributed by atoms with Gasteiger partial charge in [0, 0.05) is 27.7 Å². The van der Waals surface area contributed by atoms with Crippen molar-refractivity contribution in [3.63, 3.8) is 0 Å². The van der Waals surface area contributed by atoms with Crippen molar-refractivity contribution in [2.45, 2.75) is 30.7 Å². The number of nitrogens with zero attached hydrogens (tertiary/aromatic N) is 2. The first-order valence-corrected chi connectivity index (χ1v) is 11.9. The minimum absolute atomic E-state index is 0.183. The Morgan fingerprint density at radius 3 is 2.61 bits per heavy atom. The number of carbonyl (C=O) groups excluding carboxylic acids is 2. The minimum atomic E-state index is -1.15. The van der Waals surface area contributed by atoms with Crippen LogP contribution in [-0.4, -0.2) is 47.7 Å². The Bertz CT molecular complexity index is 1220. The molecule has 5 atom stereocenters. The van der Waals surface area contributed by atoms with Crippen LogP contribution in [0.25, 0.3) is 0 Å². The third-order valence-electron chi connectivity index (χ3n) is 7.55. The number of anilines is 2. The van der Waals surface area contributed by atoms with Crippen LogP contribution in [0.15, 0.2) is 30.3 Å². The highest BCUT2D eigenvalue weighted by atomic mass is 35.5. The van der Waals surface area contributed by atoms with Gasteiger partial charge in [-0.05, 0) is 43.7 Å². The summed E-state index contributed by atoms with van der Waals surface area (Å²) < 4.78 is 5.29. The van der Waals surface area contributed by atoms with Crippen LogP contribution in [0, 0.1) is 11.8 Å². The van der Waals surface area contributed by atoms with Gasteiger partial charge in [0.1, 0.15) is 17.5 Å². The van der Waals surface area contributed by atoms with E-state index in [0.717, 1.165) is 12.8 Å². The quantitative estimate of drug-likeness (QED) is 0.599. The number of methoxy groups -OCH3 is 1. The molecule has 4 aliphatic rings. The molecular weight excluding hydrogens is 489 g/mol. The number of carbonyl (C=O) groups is 2. The van der Waals surface area contributed by atoms with E-state index in [1.165, 1.54) is 12.0 Å². The van der Waals surface area contributed by atoms with Crippen LogP contribution < -0.4 is 15.0 Å². The van der Waals surface area contributed by atoms with Crippen LogP contribution in [0.5, 0.6) is 5.75 Å². The van der Waals surface area contributed by atoms with Crippen LogP contribution >= 0.6 is 34.8 Å². The number of rotatable bonds is 2. The highest BCUT2D eigenvalue weighted by Crippen LogP contribution is 2.63. The number of fused-ring (bicyclic) bond motifs is 7. The maximum absolute atomic E-state index is 14.0. The van der Waals surface area contributed by atoms with Gasteiger partial charge in [0.25, 0.3) is 0 Å². The van der Waals surface area contributed by atoms with Crippen molar-refractivity contribution in [3.8, 4) is 5.75 Å². The van der Waals surface area contributed by atoms with Crippen molar-refractivity contribution in [2.24, 2.45) is 11.8 Å². The fraction of sp³-hybridized carbons (Fsp3) is 0.391. The maximum Gasteiger partial charge on any atom is 0.240 e. The van der Waals surface area contributed by atoms with Gasteiger partial charge in [-0.3, -0.25) is 14.5 Å². The van der Waals surface area contributed by atoms with Crippen molar-refractivity contribution in [3.05, 3.63) is 51.0 Å². The highest BCUT2D eigenvalue weighted by Gasteiger charge is 2.74. The van der Waals surface area contributed by atoms with E-state index in [1.807, 2.05) is 0 Å². The first-order valence-electron chi connectivity index (χ1n) is 10.7. The van der Waals surface area contributed by atoms with Gasteiger partial charge in [0.05, 0.1) is 35.3 Å². The molecule has 6 rings (SSSR count). The summed E-state index contributed by atoms with van der Waals surface area (Å²) in [7, 11) is 1.49. The van der Waals surface area contributed by atoms with Crippen molar-refractivity contribution in [2.75, 3.05) is 23.9 Å². The van der Waals surface area contributed by atoms with E-state index in [9.17, 15) is 14.7 Å². The molecule has 172 valence electrons. The Balaban J connectivity index is 1.55. The molecular formula is C23H20Cl3N3O4. The van der Waals surface area contributed by atoms with E-state index in [0.29, 0.717) is 44.3 Å². The highest BCUT2D eigenvalue weighted by molar-refractivity contribution is 6.37. The average molecular weight is 509 g/mol. The maximum atomic E-state index is 14.0. The molecule has 0 aliphatic carbocycles. The smallest absolute Gasteiger partial charge is 0.240 e. The fourth-order valence-corrected chi connectivity index (χ4v) is 7.24.